The fraction of sp³-hybridized carbons (Fsp3) is 0.188. The smallest absolute Gasteiger partial charge is 0.0998 e. The van der Waals surface area contributed by atoms with Crippen molar-refractivity contribution in [3.8, 4) is 17.2 Å². The van der Waals surface area contributed by atoms with Crippen molar-refractivity contribution in [2.24, 2.45) is 0 Å². The maximum atomic E-state index is 9.09. The molecule has 0 radical (unpaired) electrons. The normalized spacial score (nSPS) is 10.1. The molecule has 0 fully saturated rings. The summed E-state index contributed by atoms with van der Waals surface area (Å²) in [6.45, 7) is 4.22. The zero-order chi connectivity index (χ0) is 13.0. The van der Waals surface area contributed by atoms with Crippen LogP contribution in [0.15, 0.2) is 48.5 Å². The Labute approximate surface area is 108 Å². The van der Waals surface area contributed by atoms with E-state index in [1.807, 2.05) is 48.5 Å². The molecule has 0 saturated carbocycles. The molecule has 0 bridgehead atoms. The summed E-state index contributed by atoms with van der Waals surface area (Å²) in [4.78, 5) is 0. The van der Waals surface area contributed by atoms with Crippen molar-refractivity contribution in [1.82, 2.24) is 0 Å². The Hall–Kier alpha value is -2.27. The lowest BCUT2D eigenvalue weighted by Gasteiger charge is -2.11. The maximum absolute atomic E-state index is 9.09. The number of anilines is 1. The molecule has 0 aliphatic heterocycles. The average Bonchev–Trinajstić information content (AvgIpc) is 2.39. The number of hydrogen-bond donors (Lipinski definition) is 1. The number of nitrogens with one attached hydrogen (secondary N) is 1. The second kappa shape index (κ2) is 5.37. The fourth-order valence-corrected chi connectivity index (χ4v) is 1.91. The van der Waals surface area contributed by atoms with Crippen LogP contribution in [-0.2, 0) is 0 Å². The van der Waals surface area contributed by atoms with Gasteiger partial charge in [-0.25, -0.2) is 0 Å². The summed E-state index contributed by atoms with van der Waals surface area (Å²) >= 11 is 0. The lowest BCUT2D eigenvalue weighted by molar-refractivity contribution is 0.900. The Kier molecular flexibility index (Phi) is 3.64. The van der Waals surface area contributed by atoms with Crippen LogP contribution < -0.4 is 5.32 Å². The van der Waals surface area contributed by atoms with Crippen LogP contribution in [0.1, 0.15) is 19.4 Å². The predicted molar refractivity (Wildman–Crippen MR) is 75.4 cm³/mol. The Bertz CT molecular complexity index is 562. The van der Waals surface area contributed by atoms with Crippen molar-refractivity contribution >= 4 is 5.69 Å². The Morgan fingerprint density at radius 1 is 1.00 bits per heavy atom. The summed E-state index contributed by atoms with van der Waals surface area (Å²) in [5.41, 5.74) is 3.86. The van der Waals surface area contributed by atoms with Crippen LogP contribution in [0.2, 0.25) is 0 Å². The van der Waals surface area contributed by atoms with E-state index in [0.717, 1.165) is 16.8 Å². The van der Waals surface area contributed by atoms with E-state index in [4.69, 9.17) is 5.26 Å². The third-order valence-corrected chi connectivity index (χ3v) is 2.70. The summed E-state index contributed by atoms with van der Waals surface area (Å²) in [6, 6.07) is 18.5. The first-order chi connectivity index (χ1) is 8.70. The molecule has 1 N–H and O–H groups in total. The number of nitriles is 1. The van der Waals surface area contributed by atoms with Crippen LogP contribution >= 0.6 is 0 Å². The zero-order valence-electron chi connectivity index (χ0n) is 10.6. The molecule has 0 aliphatic carbocycles. The van der Waals surface area contributed by atoms with Gasteiger partial charge in [0.25, 0.3) is 0 Å². The molecule has 2 rings (SSSR count). The minimum absolute atomic E-state index is 0.419. The van der Waals surface area contributed by atoms with Crippen molar-refractivity contribution < 1.29 is 0 Å². The molecule has 0 atom stereocenters. The van der Waals surface area contributed by atoms with Gasteiger partial charge in [0, 0.05) is 11.7 Å². The molecule has 2 heteroatoms. The quantitative estimate of drug-likeness (QED) is 0.872. The molecule has 0 amide bonds. The SMILES string of the molecule is CC(C)Nc1ccc(-c2ccccc2C#N)cc1. The van der Waals surface area contributed by atoms with E-state index in [0.29, 0.717) is 11.6 Å². The first kappa shape index (κ1) is 12.2. The summed E-state index contributed by atoms with van der Waals surface area (Å²) < 4.78 is 0. The molecule has 2 aromatic carbocycles. The molecule has 0 spiro atoms. The lowest BCUT2D eigenvalue weighted by atomic mass is 10.0. The van der Waals surface area contributed by atoms with Gasteiger partial charge in [-0.3, -0.25) is 0 Å². The molecule has 2 aromatic rings. The van der Waals surface area contributed by atoms with Gasteiger partial charge >= 0.3 is 0 Å². The third kappa shape index (κ3) is 2.70. The van der Waals surface area contributed by atoms with Crippen LogP contribution in [0, 0.1) is 11.3 Å². The topological polar surface area (TPSA) is 35.8 Å². The van der Waals surface area contributed by atoms with Crippen LogP contribution in [0.25, 0.3) is 11.1 Å². The summed E-state index contributed by atoms with van der Waals surface area (Å²) in [5.74, 6) is 0. The third-order valence-electron chi connectivity index (χ3n) is 2.70. The summed E-state index contributed by atoms with van der Waals surface area (Å²) in [7, 11) is 0. The highest BCUT2D eigenvalue weighted by Gasteiger charge is 2.03. The fourth-order valence-electron chi connectivity index (χ4n) is 1.91. The number of rotatable bonds is 3. The Balaban J connectivity index is 2.32. The molecule has 0 unspecified atom stereocenters. The van der Waals surface area contributed by atoms with Gasteiger partial charge in [-0.1, -0.05) is 30.3 Å². The van der Waals surface area contributed by atoms with Crippen molar-refractivity contribution in [3.63, 3.8) is 0 Å². The van der Waals surface area contributed by atoms with E-state index < -0.39 is 0 Å². The van der Waals surface area contributed by atoms with E-state index >= 15 is 0 Å². The number of nitrogens with zero attached hydrogens (tertiary/aromatic N) is 1. The first-order valence-electron chi connectivity index (χ1n) is 6.07. The molecule has 0 saturated heterocycles. The van der Waals surface area contributed by atoms with Gasteiger partial charge < -0.3 is 5.32 Å². The molecule has 0 heterocycles. The lowest BCUT2D eigenvalue weighted by Crippen LogP contribution is -2.09. The number of hydrogen-bond acceptors (Lipinski definition) is 2. The van der Waals surface area contributed by atoms with Crippen molar-refractivity contribution in [2.45, 2.75) is 19.9 Å². The molecule has 90 valence electrons. The van der Waals surface area contributed by atoms with E-state index in [9.17, 15) is 0 Å². The molecule has 2 nitrogen and oxygen atoms in total. The standard InChI is InChI=1S/C16H16N2/c1-12(2)18-15-9-7-13(8-10-15)16-6-4-3-5-14(16)11-17/h3-10,12,18H,1-2H3. The molecular formula is C16H16N2. The van der Waals surface area contributed by atoms with Gasteiger partial charge in [0.2, 0.25) is 0 Å². The maximum Gasteiger partial charge on any atom is 0.0998 e. The van der Waals surface area contributed by atoms with E-state index in [1.165, 1.54) is 0 Å². The molecule has 0 aliphatic rings. The second-order valence-corrected chi connectivity index (χ2v) is 4.53. The molecule has 18 heavy (non-hydrogen) atoms. The van der Waals surface area contributed by atoms with Crippen LogP contribution in [0.5, 0.6) is 0 Å². The Morgan fingerprint density at radius 2 is 1.67 bits per heavy atom. The van der Waals surface area contributed by atoms with Gasteiger partial charge in [0.1, 0.15) is 0 Å². The largest absolute Gasteiger partial charge is 0.383 e. The van der Waals surface area contributed by atoms with Crippen molar-refractivity contribution in [1.29, 1.82) is 5.26 Å². The van der Waals surface area contributed by atoms with Gasteiger partial charge in [0.05, 0.1) is 11.6 Å². The van der Waals surface area contributed by atoms with E-state index in [-0.39, 0.29) is 0 Å². The summed E-state index contributed by atoms with van der Waals surface area (Å²) in [5, 5.41) is 12.4. The Morgan fingerprint density at radius 3 is 2.28 bits per heavy atom. The minimum Gasteiger partial charge on any atom is -0.383 e. The minimum atomic E-state index is 0.419. The van der Waals surface area contributed by atoms with Gasteiger partial charge in [-0.2, -0.15) is 5.26 Å². The van der Waals surface area contributed by atoms with E-state index in [2.05, 4.69) is 25.2 Å². The number of benzene rings is 2. The van der Waals surface area contributed by atoms with Gasteiger partial charge in [-0.15, -0.1) is 0 Å². The van der Waals surface area contributed by atoms with Crippen molar-refractivity contribution in [2.75, 3.05) is 5.32 Å². The van der Waals surface area contributed by atoms with Crippen molar-refractivity contribution in [3.05, 3.63) is 54.1 Å². The second-order valence-electron chi connectivity index (χ2n) is 4.53. The highest BCUT2D eigenvalue weighted by atomic mass is 14.9. The predicted octanol–water partition coefficient (Wildman–Crippen LogP) is 4.05. The zero-order valence-corrected chi connectivity index (χ0v) is 10.6. The van der Waals surface area contributed by atoms with Crippen LogP contribution in [-0.4, -0.2) is 6.04 Å². The molecule has 0 aromatic heterocycles. The highest BCUT2D eigenvalue weighted by Crippen LogP contribution is 2.24. The first-order valence-corrected chi connectivity index (χ1v) is 6.07. The average molecular weight is 236 g/mol. The van der Waals surface area contributed by atoms with Gasteiger partial charge in [-0.05, 0) is 43.2 Å². The summed E-state index contributed by atoms with van der Waals surface area (Å²) in [6.07, 6.45) is 0. The van der Waals surface area contributed by atoms with Crippen LogP contribution in [0.3, 0.4) is 0 Å². The molecular weight excluding hydrogens is 220 g/mol. The monoisotopic (exact) mass is 236 g/mol. The highest BCUT2D eigenvalue weighted by molar-refractivity contribution is 5.71. The van der Waals surface area contributed by atoms with Gasteiger partial charge in [0.15, 0.2) is 0 Å². The van der Waals surface area contributed by atoms with Crippen LogP contribution in [0.4, 0.5) is 5.69 Å². The van der Waals surface area contributed by atoms with E-state index in [1.54, 1.807) is 0 Å².